The molecule has 27 heavy (non-hydrogen) atoms. The van der Waals surface area contributed by atoms with Crippen LogP contribution in [-0.4, -0.2) is 36.1 Å². The van der Waals surface area contributed by atoms with Gasteiger partial charge in [-0.25, -0.2) is 4.79 Å². The van der Waals surface area contributed by atoms with E-state index < -0.39 is 6.03 Å². The quantitative estimate of drug-likeness (QED) is 0.775. The Bertz CT molecular complexity index is 825. The van der Waals surface area contributed by atoms with Gasteiger partial charge < -0.3 is 21.5 Å². The third-order valence-electron chi connectivity index (χ3n) is 5.46. The predicted molar refractivity (Wildman–Crippen MR) is 106 cm³/mol. The Balaban J connectivity index is 1.60. The van der Waals surface area contributed by atoms with Crippen LogP contribution in [0.5, 0.6) is 5.75 Å². The number of hydrogen-bond acceptors (Lipinski definition) is 4. The number of hydrogen-bond donors (Lipinski definition) is 3. The van der Waals surface area contributed by atoms with Gasteiger partial charge >= 0.3 is 6.03 Å². The molecule has 6 nitrogen and oxygen atoms in total. The molecule has 0 aromatic heterocycles. The minimum atomic E-state index is -0.585. The fourth-order valence-electron chi connectivity index (χ4n) is 4.28. The fraction of sp³-hybridized carbons (Fsp3) is 0.381. The maximum Gasteiger partial charge on any atom is 0.316 e. The number of likely N-dealkylation sites (tertiary alicyclic amines) is 1. The molecule has 3 atom stereocenters. The van der Waals surface area contributed by atoms with Crippen LogP contribution < -0.4 is 21.5 Å². The number of benzene rings is 2. The zero-order valence-electron chi connectivity index (χ0n) is 15.3. The molecule has 5 N–H and O–H groups in total. The van der Waals surface area contributed by atoms with Gasteiger partial charge in [0.05, 0.1) is 6.04 Å². The molecule has 0 radical (unpaired) electrons. The molecular formula is C21H26N4O2. The average molecular weight is 366 g/mol. The van der Waals surface area contributed by atoms with Crippen LogP contribution in [0.2, 0.25) is 0 Å². The number of piperidine rings is 1. The highest BCUT2D eigenvalue weighted by Crippen LogP contribution is 2.39. The van der Waals surface area contributed by atoms with Gasteiger partial charge in [0.15, 0.2) is 0 Å². The minimum Gasteiger partial charge on any atom is -0.484 e. The van der Waals surface area contributed by atoms with Crippen LogP contribution in [0.3, 0.4) is 0 Å². The first kappa shape index (κ1) is 17.8. The Morgan fingerprint density at radius 1 is 1.19 bits per heavy atom. The molecule has 6 heteroatoms. The summed E-state index contributed by atoms with van der Waals surface area (Å²) in [6.45, 7) is 1.96. The molecule has 2 aromatic carbocycles. The van der Waals surface area contributed by atoms with Crippen LogP contribution in [0.4, 0.5) is 10.5 Å². The summed E-state index contributed by atoms with van der Waals surface area (Å²) < 4.78 is 6.45. The van der Waals surface area contributed by atoms with Crippen LogP contribution in [0, 0.1) is 0 Å². The van der Waals surface area contributed by atoms with Gasteiger partial charge in [-0.3, -0.25) is 4.90 Å². The summed E-state index contributed by atoms with van der Waals surface area (Å²) in [4.78, 5) is 13.6. The fourth-order valence-corrected chi connectivity index (χ4v) is 4.28. The number of carbonyl (C=O) groups excluding carboxylic acids is 1. The van der Waals surface area contributed by atoms with Crippen LogP contribution >= 0.6 is 0 Å². The van der Waals surface area contributed by atoms with Gasteiger partial charge in [0.2, 0.25) is 0 Å². The van der Waals surface area contributed by atoms with E-state index in [1.54, 1.807) is 6.07 Å². The van der Waals surface area contributed by atoms with Crippen LogP contribution in [0.25, 0.3) is 0 Å². The SMILES string of the molecule is NC(=O)Nc1cccc(O[C@@H]2c3ccccc3C[C@H]2N2CCC[C@H](N)C2)c1. The van der Waals surface area contributed by atoms with Crippen molar-refractivity contribution in [2.75, 3.05) is 18.4 Å². The summed E-state index contributed by atoms with van der Waals surface area (Å²) in [5, 5.41) is 2.60. The lowest BCUT2D eigenvalue weighted by atomic mass is 10.0. The van der Waals surface area contributed by atoms with Crippen molar-refractivity contribution in [1.29, 1.82) is 0 Å². The molecule has 4 rings (SSSR count). The third kappa shape index (κ3) is 3.91. The number of rotatable bonds is 4. The summed E-state index contributed by atoms with van der Waals surface area (Å²) in [5.74, 6) is 0.717. The Kier molecular flexibility index (Phi) is 5.01. The summed E-state index contributed by atoms with van der Waals surface area (Å²) in [6.07, 6.45) is 3.11. The summed E-state index contributed by atoms with van der Waals surface area (Å²) in [7, 11) is 0. The van der Waals surface area contributed by atoms with Crippen molar-refractivity contribution in [1.82, 2.24) is 4.90 Å². The highest BCUT2D eigenvalue weighted by Gasteiger charge is 2.39. The van der Waals surface area contributed by atoms with Crippen molar-refractivity contribution in [2.45, 2.75) is 37.5 Å². The van der Waals surface area contributed by atoms with E-state index in [0.717, 1.165) is 32.4 Å². The molecule has 0 saturated carbocycles. The number of amides is 2. The molecule has 1 fully saturated rings. The first-order valence-corrected chi connectivity index (χ1v) is 9.51. The van der Waals surface area contributed by atoms with Crippen LogP contribution in [-0.2, 0) is 6.42 Å². The number of anilines is 1. The Morgan fingerprint density at radius 2 is 2.04 bits per heavy atom. The van der Waals surface area contributed by atoms with Crippen molar-refractivity contribution >= 4 is 11.7 Å². The van der Waals surface area contributed by atoms with Gasteiger partial charge in [-0.05, 0) is 49.1 Å². The molecule has 1 heterocycles. The topological polar surface area (TPSA) is 93.6 Å². The monoisotopic (exact) mass is 366 g/mol. The van der Waals surface area contributed by atoms with E-state index in [2.05, 4.69) is 34.5 Å². The van der Waals surface area contributed by atoms with Crippen LogP contribution in [0.15, 0.2) is 48.5 Å². The molecule has 142 valence electrons. The molecule has 2 amide bonds. The maximum atomic E-state index is 11.1. The summed E-state index contributed by atoms with van der Waals surface area (Å²) in [6, 6.07) is 15.7. The standard InChI is InChI=1S/C21H26N4O2/c22-15-6-4-10-25(13-15)19-11-14-5-1-2-9-18(14)20(19)27-17-8-3-7-16(12-17)24-21(23)26/h1-3,5,7-9,12,15,19-20H,4,6,10-11,13,22H2,(H3,23,24,26)/t15-,19+,20+/m0/s1. The van der Waals surface area contributed by atoms with Crippen molar-refractivity contribution in [2.24, 2.45) is 11.5 Å². The van der Waals surface area contributed by atoms with Gasteiger partial charge in [-0.2, -0.15) is 0 Å². The van der Waals surface area contributed by atoms with Crippen molar-refractivity contribution in [3.05, 3.63) is 59.7 Å². The number of fused-ring (bicyclic) bond motifs is 1. The molecular weight excluding hydrogens is 340 g/mol. The second kappa shape index (κ2) is 7.58. The maximum absolute atomic E-state index is 11.1. The van der Waals surface area contributed by atoms with E-state index in [0.29, 0.717) is 11.4 Å². The van der Waals surface area contributed by atoms with E-state index in [9.17, 15) is 4.79 Å². The predicted octanol–water partition coefficient (Wildman–Crippen LogP) is 2.65. The summed E-state index contributed by atoms with van der Waals surface area (Å²) >= 11 is 0. The van der Waals surface area contributed by atoms with E-state index >= 15 is 0 Å². The van der Waals surface area contributed by atoms with Gasteiger partial charge in [-0.1, -0.05) is 30.3 Å². The first-order valence-electron chi connectivity index (χ1n) is 9.51. The number of nitrogens with zero attached hydrogens (tertiary/aromatic N) is 1. The minimum absolute atomic E-state index is 0.0599. The molecule has 0 bridgehead atoms. The number of primary amides is 1. The molecule has 2 aliphatic rings. The molecule has 1 aliphatic heterocycles. The third-order valence-corrected chi connectivity index (χ3v) is 5.46. The van der Waals surface area contributed by atoms with Crippen LogP contribution in [0.1, 0.15) is 30.1 Å². The Hall–Kier alpha value is -2.57. The number of nitrogens with one attached hydrogen (secondary N) is 1. The van der Waals surface area contributed by atoms with E-state index in [4.69, 9.17) is 16.2 Å². The van der Waals surface area contributed by atoms with E-state index in [1.807, 2.05) is 18.2 Å². The zero-order chi connectivity index (χ0) is 18.8. The molecule has 0 spiro atoms. The number of carbonyl (C=O) groups is 1. The molecule has 2 aromatic rings. The normalized spacial score (nSPS) is 25.0. The molecule has 0 unspecified atom stereocenters. The number of nitrogens with two attached hydrogens (primary N) is 2. The zero-order valence-corrected chi connectivity index (χ0v) is 15.3. The summed E-state index contributed by atoms with van der Waals surface area (Å²) in [5.41, 5.74) is 14.6. The van der Waals surface area contributed by atoms with E-state index in [-0.39, 0.29) is 18.2 Å². The average Bonchev–Trinajstić information content (AvgIpc) is 3.00. The van der Waals surface area contributed by atoms with Gasteiger partial charge in [0.25, 0.3) is 0 Å². The second-order valence-electron chi connectivity index (χ2n) is 7.42. The van der Waals surface area contributed by atoms with Crippen molar-refractivity contribution in [3.63, 3.8) is 0 Å². The highest BCUT2D eigenvalue weighted by atomic mass is 16.5. The van der Waals surface area contributed by atoms with Crippen molar-refractivity contribution in [3.8, 4) is 5.75 Å². The van der Waals surface area contributed by atoms with E-state index in [1.165, 1.54) is 11.1 Å². The number of ether oxygens (including phenoxy) is 1. The van der Waals surface area contributed by atoms with Gasteiger partial charge in [0.1, 0.15) is 11.9 Å². The smallest absolute Gasteiger partial charge is 0.316 e. The number of urea groups is 1. The largest absolute Gasteiger partial charge is 0.484 e. The molecule has 1 aliphatic carbocycles. The van der Waals surface area contributed by atoms with Crippen molar-refractivity contribution < 1.29 is 9.53 Å². The Labute approximate surface area is 159 Å². The lowest BCUT2D eigenvalue weighted by Crippen LogP contribution is -2.49. The highest BCUT2D eigenvalue weighted by molar-refractivity contribution is 5.87. The van der Waals surface area contributed by atoms with Gasteiger partial charge in [-0.15, -0.1) is 0 Å². The molecule has 1 saturated heterocycles. The Morgan fingerprint density at radius 3 is 2.85 bits per heavy atom. The lowest BCUT2D eigenvalue weighted by Gasteiger charge is -2.38. The second-order valence-corrected chi connectivity index (χ2v) is 7.42. The lowest BCUT2D eigenvalue weighted by molar-refractivity contribution is 0.0593. The van der Waals surface area contributed by atoms with Gasteiger partial charge in [0, 0.05) is 24.3 Å². The first-order chi connectivity index (χ1) is 13.1.